The predicted molar refractivity (Wildman–Crippen MR) is 66.6 cm³/mol. The van der Waals surface area contributed by atoms with Crippen molar-refractivity contribution in [2.45, 2.75) is 4.90 Å². The first-order valence-corrected chi connectivity index (χ1v) is 6.90. The monoisotopic (exact) mass is 259 g/mol. The Kier molecular flexibility index (Phi) is 4.99. The molecule has 0 saturated carbocycles. The lowest BCUT2D eigenvalue weighted by Gasteiger charge is -2.06. The molecule has 3 nitrogen and oxygen atoms in total. The molecule has 1 aromatic rings. The lowest BCUT2D eigenvalue weighted by molar-refractivity contribution is 0.593. The Hall–Kier alpha value is -0.840. The highest BCUT2D eigenvalue weighted by Crippen LogP contribution is 2.21. The molecule has 0 aromatic heterocycles. The van der Waals surface area contributed by atoms with Crippen LogP contribution < -0.4 is 5.32 Å². The molecule has 16 heavy (non-hydrogen) atoms. The Morgan fingerprint density at radius 1 is 1.38 bits per heavy atom. The Labute approximate surface area is 101 Å². The quantitative estimate of drug-likeness (QED) is 0.627. The van der Waals surface area contributed by atoms with E-state index in [-0.39, 0.29) is 15.7 Å². The van der Waals surface area contributed by atoms with Crippen molar-refractivity contribution in [1.29, 1.82) is 0 Å². The van der Waals surface area contributed by atoms with Crippen LogP contribution in [0, 0.1) is 0 Å². The van der Waals surface area contributed by atoms with Gasteiger partial charge < -0.3 is 5.32 Å². The summed E-state index contributed by atoms with van der Waals surface area (Å²) in [6.07, 6.45) is 1.68. The average molecular weight is 260 g/mol. The third kappa shape index (κ3) is 3.63. The fourth-order valence-electron chi connectivity index (χ4n) is 1.22. The van der Waals surface area contributed by atoms with Crippen LogP contribution >= 0.6 is 11.6 Å². The first-order valence-electron chi connectivity index (χ1n) is 4.87. The SMILES string of the molecule is C=CCNCCS(=O)(=O)c1ccccc1Cl. The van der Waals surface area contributed by atoms with E-state index in [0.717, 1.165) is 0 Å². The average Bonchev–Trinajstić information content (AvgIpc) is 2.25. The van der Waals surface area contributed by atoms with Crippen molar-refractivity contribution < 1.29 is 8.42 Å². The van der Waals surface area contributed by atoms with Crippen LogP contribution in [0.2, 0.25) is 5.02 Å². The van der Waals surface area contributed by atoms with Crippen molar-refractivity contribution in [3.8, 4) is 0 Å². The van der Waals surface area contributed by atoms with Gasteiger partial charge >= 0.3 is 0 Å². The fourth-order valence-corrected chi connectivity index (χ4v) is 2.99. The number of sulfone groups is 1. The van der Waals surface area contributed by atoms with E-state index in [1.54, 1.807) is 24.3 Å². The molecular formula is C11H14ClNO2S. The van der Waals surface area contributed by atoms with Crippen molar-refractivity contribution >= 4 is 21.4 Å². The maximum atomic E-state index is 11.9. The summed E-state index contributed by atoms with van der Waals surface area (Å²) >= 11 is 5.83. The van der Waals surface area contributed by atoms with E-state index in [1.807, 2.05) is 0 Å². The molecule has 0 aliphatic carbocycles. The van der Waals surface area contributed by atoms with Gasteiger partial charge in [-0.05, 0) is 12.1 Å². The van der Waals surface area contributed by atoms with Gasteiger partial charge in [0.05, 0.1) is 15.7 Å². The molecule has 0 fully saturated rings. The van der Waals surface area contributed by atoms with Crippen LogP contribution in [0.4, 0.5) is 0 Å². The van der Waals surface area contributed by atoms with Crippen LogP contribution in [0.15, 0.2) is 41.8 Å². The molecule has 0 bridgehead atoms. The number of hydrogen-bond acceptors (Lipinski definition) is 3. The van der Waals surface area contributed by atoms with Crippen LogP contribution in [-0.4, -0.2) is 27.3 Å². The molecule has 5 heteroatoms. The molecule has 1 rings (SSSR count). The summed E-state index contributed by atoms with van der Waals surface area (Å²) in [6.45, 7) is 4.52. The lowest BCUT2D eigenvalue weighted by Crippen LogP contribution is -2.23. The minimum atomic E-state index is -3.30. The largest absolute Gasteiger partial charge is 0.312 e. The molecule has 0 saturated heterocycles. The van der Waals surface area contributed by atoms with Gasteiger partial charge in [-0.3, -0.25) is 0 Å². The van der Waals surface area contributed by atoms with Crippen LogP contribution in [-0.2, 0) is 9.84 Å². The summed E-state index contributed by atoms with van der Waals surface area (Å²) in [5.74, 6) is 0.0323. The molecule has 1 N–H and O–H groups in total. The fraction of sp³-hybridized carbons (Fsp3) is 0.273. The van der Waals surface area contributed by atoms with Crippen LogP contribution in [0.5, 0.6) is 0 Å². The van der Waals surface area contributed by atoms with Gasteiger partial charge in [-0.25, -0.2) is 8.42 Å². The maximum Gasteiger partial charge on any atom is 0.181 e. The number of benzene rings is 1. The van der Waals surface area contributed by atoms with E-state index in [4.69, 9.17) is 11.6 Å². The highest BCUT2D eigenvalue weighted by Gasteiger charge is 2.16. The van der Waals surface area contributed by atoms with Crippen molar-refractivity contribution in [2.75, 3.05) is 18.8 Å². The number of halogens is 1. The summed E-state index contributed by atoms with van der Waals surface area (Å²) in [5, 5.41) is 3.21. The van der Waals surface area contributed by atoms with Gasteiger partial charge in [-0.1, -0.05) is 29.8 Å². The first-order chi connectivity index (χ1) is 7.58. The van der Waals surface area contributed by atoms with Gasteiger partial charge in [0.2, 0.25) is 0 Å². The number of hydrogen-bond donors (Lipinski definition) is 1. The zero-order chi connectivity index (χ0) is 12.0. The molecule has 1 aromatic carbocycles. The zero-order valence-corrected chi connectivity index (χ0v) is 10.4. The minimum Gasteiger partial charge on any atom is -0.312 e. The van der Waals surface area contributed by atoms with Gasteiger partial charge in [-0.2, -0.15) is 0 Å². The predicted octanol–water partition coefficient (Wildman–Crippen LogP) is 1.89. The molecule has 0 heterocycles. The first kappa shape index (κ1) is 13.2. The molecular weight excluding hydrogens is 246 g/mol. The summed E-state index contributed by atoms with van der Waals surface area (Å²) < 4.78 is 23.7. The lowest BCUT2D eigenvalue weighted by atomic mass is 10.4. The van der Waals surface area contributed by atoms with Crippen molar-refractivity contribution in [2.24, 2.45) is 0 Å². The van der Waals surface area contributed by atoms with Gasteiger partial charge in [0.25, 0.3) is 0 Å². The normalized spacial score (nSPS) is 11.3. The van der Waals surface area contributed by atoms with Crippen LogP contribution in [0.25, 0.3) is 0 Å². The summed E-state index contributed by atoms with van der Waals surface area (Å²) in [4.78, 5) is 0.192. The summed E-state index contributed by atoms with van der Waals surface area (Å²) in [6, 6.07) is 6.46. The van der Waals surface area contributed by atoms with Crippen molar-refractivity contribution in [3.63, 3.8) is 0 Å². The van der Waals surface area contributed by atoms with Gasteiger partial charge in [-0.15, -0.1) is 6.58 Å². The van der Waals surface area contributed by atoms with E-state index < -0.39 is 9.84 Å². The van der Waals surface area contributed by atoms with Gasteiger partial charge in [0.1, 0.15) is 0 Å². The van der Waals surface area contributed by atoms with Crippen molar-refractivity contribution in [1.82, 2.24) is 5.32 Å². The van der Waals surface area contributed by atoms with E-state index in [0.29, 0.717) is 13.1 Å². The third-order valence-corrected chi connectivity index (χ3v) is 4.22. The van der Waals surface area contributed by atoms with E-state index in [1.165, 1.54) is 6.07 Å². The highest BCUT2D eigenvalue weighted by atomic mass is 35.5. The second kappa shape index (κ2) is 6.03. The Bertz CT molecular complexity index is 457. The summed E-state index contributed by atoms with van der Waals surface area (Å²) in [5.41, 5.74) is 0. The smallest absolute Gasteiger partial charge is 0.181 e. The number of nitrogens with one attached hydrogen (secondary N) is 1. The molecule has 0 unspecified atom stereocenters. The highest BCUT2D eigenvalue weighted by molar-refractivity contribution is 7.91. The molecule has 0 aliphatic rings. The minimum absolute atomic E-state index is 0.0323. The van der Waals surface area contributed by atoms with E-state index in [9.17, 15) is 8.42 Å². The molecule has 0 spiro atoms. The van der Waals surface area contributed by atoms with E-state index >= 15 is 0 Å². The van der Waals surface area contributed by atoms with E-state index in [2.05, 4.69) is 11.9 Å². The second-order valence-electron chi connectivity index (χ2n) is 3.24. The van der Waals surface area contributed by atoms with Gasteiger partial charge in [0.15, 0.2) is 9.84 Å². The Morgan fingerprint density at radius 3 is 2.69 bits per heavy atom. The molecule has 88 valence electrons. The zero-order valence-electron chi connectivity index (χ0n) is 8.82. The Morgan fingerprint density at radius 2 is 2.06 bits per heavy atom. The second-order valence-corrected chi connectivity index (χ2v) is 5.73. The number of rotatable bonds is 6. The van der Waals surface area contributed by atoms with Crippen LogP contribution in [0.1, 0.15) is 0 Å². The third-order valence-electron chi connectivity index (χ3n) is 2.01. The summed E-state index contributed by atoms with van der Waals surface area (Å²) in [7, 11) is -3.30. The molecule has 0 amide bonds. The van der Waals surface area contributed by atoms with Crippen molar-refractivity contribution in [3.05, 3.63) is 41.9 Å². The molecule has 0 atom stereocenters. The van der Waals surface area contributed by atoms with Crippen LogP contribution in [0.3, 0.4) is 0 Å². The maximum absolute atomic E-state index is 11.9. The van der Waals surface area contributed by atoms with Gasteiger partial charge in [0, 0.05) is 13.1 Å². The molecule has 0 radical (unpaired) electrons. The molecule has 0 aliphatic heterocycles. The Balaban J connectivity index is 2.71. The topological polar surface area (TPSA) is 46.2 Å². The standard InChI is InChI=1S/C11H14ClNO2S/c1-2-7-13-8-9-16(14,15)11-6-4-3-5-10(11)12/h2-6,13H,1,7-9H2.